The summed E-state index contributed by atoms with van der Waals surface area (Å²) in [5.41, 5.74) is -0.793. The summed E-state index contributed by atoms with van der Waals surface area (Å²) >= 11 is 0. The number of imide groups is 1. The van der Waals surface area contributed by atoms with Crippen molar-refractivity contribution >= 4 is 23.8 Å². The van der Waals surface area contributed by atoms with Crippen LogP contribution < -0.4 is 20.1 Å². The summed E-state index contributed by atoms with van der Waals surface area (Å²) in [6.07, 6.45) is 0.565. The van der Waals surface area contributed by atoms with Crippen LogP contribution >= 0.6 is 0 Å². The molecule has 2 N–H and O–H groups in total. The number of esters is 1. The fraction of sp³-hybridized carbons (Fsp3) is 0.474. The molecule has 2 aliphatic heterocycles. The lowest BCUT2D eigenvalue weighted by Gasteiger charge is -2.25. The van der Waals surface area contributed by atoms with Crippen molar-refractivity contribution in [1.29, 1.82) is 0 Å². The van der Waals surface area contributed by atoms with Gasteiger partial charge in [-0.25, -0.2) is 4.79 Å². The maximum atomic E-state index is 12.9. The molecule has 0 bridgehead atoms. The number of fused-ring (bicyclic) bond motifs is 1. The minimum Gasteiger partial charge on any atom is -0.486 e. The molecule has 10 heteroatoms. The average Bonchev–Trinajstić information content (AvgIpc) is 2.94. The van der Waals surface area contributed by atoms with Crippen LogP contribution in [0.2, 0.25) is 0 Å². The van der Waals surface area contributed by atoms with Gasteiger partial charge in [-0.2, -0.15) is 0 Å². The van der Waals surface area contributed by atoms with E-state index in [9.17, 15) is 19.2 Å². The van der Waals surface area contributed by atoms with E-state index in [0.717, 1.165) is 4.90 Å². The molecule has 2 heterocycles. The Morgan fingerprint density at radius 3 is 2.69 bits per heavy atom. The van der Waals surface area contributed by atoms with Gasteiger partial charge in [-0.05, 0) is 31.0 Å². The molecule has 1 aromatic carbocycles. The largest absolute Gasteiger partial charge is 0.486 e. The molecule has 0 unspecified atom stereocenters. The zero-order valence-electron chi connectivity index (χ0n) is 16.3. The summed E-state index contributed by atoms with van der Waals surface area (Å²) in [6.45, 7) is 2.24. The topological polar surface area (TPSA) is 123 Å². The van der Waals surface area contributed by atoms with Crippen molar-refractivity contribution in [2.24, 2.45) is 0 Å². The van der Waals surface area contributed by atoms with E-state index < -0.39 is 29.9 Å². The van der Waals surface area contributed by atoms with Gasteiger partial charge in [-0.1, -0.05) is 6.07 Å². The number of carbonyl (C=O) groups is 4. The zero-order valence-corrected chi connectivity index (χ0v) is 16.3. The third kappa shape index (κ3) is 4.25. The molecule has 156 valence electrons. The van der Waals surface area contributed by atoms with Crippen LogP contribution in [0.15, 0.2) is 18.2 Å². The van der Waals surface area contributed by atoms with E-state index in [0.29, 0.717) is 36.7 Å². The van der Waals surface area contributed by atoms with Crippen LogP contribution in [0.3, 0.4) is 0 Å². The minimum atomic E-state index is -1.32. The molecular formula is C19H23N3O7. The van der Waals surface area contributed by atoms with Crippen molar-refractivity contribution < 1.29 is 33.4 Å². The molecular weight excluding hydrogens is 382 g/mol. The van der Waals surface area contributed by atoms with Crippen LogP contribution in [0.4, 0.5) is 4.79 Å². The molecule has 1 aromatic rings. The number of ether oxygens (including phenoxy) is 3. The van der Waals surface area contributed by atoms with Crippen molar-refractivity contribution in [3.63, 3.8) is 0 Å². The lowest BCUT2D eigenvalue weighted by atomic mass is 9.91. The summed E-state index contributed by atoms with van der Waals surface area (Å²) in [5, 5.41) is 5.23. The Bertz CT molecular complexity index is 841. The first-order valence-corrected chi connectivity index (χ1v) is 9.23. The van der Waals surface area contributed by atoms with E-state index in [2.05, 4.69) is 15.4 Å². The number of urea groups is 1. The van der Waals surface area contributed by atoms with Crippen LogP contribution in [0.25, 0.3) is 0 Å². The van der Waals surface area contributed by atoms with Crippen LogP contribution in [-0.4, -0.2) is 62.1 Å². The van der Waals surface area contributed by atoms with Gasteiger partial charge in [0.25, 0.3) is 5.91 Å². The number of nitrogens with zero attached hydrogens (tertiary/aromatic N) is 1. The van der Waals surface area contributed by atoms with Crippen LogP contribution in [0.1, 0.15) is 25.3 Å². The van der Waals surface area contributed by atoms with E-state index in [1.165, 1.54) is 7.11 Å². The number of carbonyl (C=O) groups excluding carboxylic acids is 4. The lowest BCUT2D eigenvalue weighted by molar-refractivity contribution is -0.140. The van der Waals surface area contributed by atoms with E-state index in [1.807, 2.05) is 0 Å². The Hall–Kier alpha value is -3.30. The summed E-state index contributed by atoms with van der Waals surface area (Å²) < 4.78 is 15.5. The first-order valence-electron chi connectivity index (χ1n) is 9.23. The fourth-order valence-corrected chi connectivity index (χ4v) is 3.15. The predicted octanol–water partition coefficient (Wildman–Crippen LogP) is 0.294. The molecule has 29 heavy (non-hydrogen) atoms. The van der Waals surface area contributed by atoms with E-state index >= 15 is 0 Å². The zero-order chi connectivity index (χ0) is 21.0. The molecule has 0 aromatic heterocycles. The number of methoxy groups -OCH3 is 1. The molecule has 1 fully saturated rings. The first-order chi connectivity index (χ1) is 13.8. The molecule has 1 atom stereocenters. The van der Waals surface area contributed by atoms with Crippen LogP contribution in [0, 0.1) is 0 Å². The molecule has 1 saturated heterocycles. The van der Waals surface area contributed by atoms with E-state index in [-0.39, 0.29) is 18.9 Å². The van der Waals surface area contributed by atoms with Crippen LogP contribution in [-0.2, 0) is 24.7 Å². The number of hydrogen-bond donors (Lipinski definition) is 2. The Labute approximate surface area is 167 Å². The van der Waals surface area contributed by atoms with Gasteiger partial charge in [0.1, 0.15) is 25.3 Å². The quantitative estimate of drug-likeness (QED) is 0.380. The molecule has 0 saturated carbocycles. The van der Waals surface area contributed by atoms with Gasteiger partial charge >= 0.3 is 12.0 Å². The van der Waals surface area contributed by atoms with Crippen molar-refractivity contribution in [3.8, 4) is 11.5 Å². The second-order valence-corrected chi connectivity index (χ2v) is 6.83. The Balaban J connectivity index is 1.63. The van der Waals surface area contributed by atoms with Gasteiger partial charge in [0.15, 0.2) is 11.5 Å². The van der Waals surface area contributed by atoms with Gasteiger partial charge in [-0.15, -0.1) is 0 Å². The maximum Gasteiger partial charge on any atom is 0.325 e. The predicted molar refractivity (Wildman–Crippen MR) is 99.3 cm³/mol. The lowest BCUT2D eigenvalue weighted by Crippen LogP contribution is -2.43. The number of benzene rings is 1. The number of rotatable bonds is 7. The first kappa shape index (κ1) is 20.4. The highest BCUT2D eigenvalue weighted by atomic mass is 16.6. The van der Waals surface area contributed by atoms with Crippen molar-refractivity contribution in [2.75, 3.05) is 33.4 Å². The highest BCUT2D eigenvalue weighted by Gasteiger charge is 2.49. The molecule has 3 rings (SSSR count). The van der Waals surface area contributed by atoms with Gasteiger partial charge < -0.3 is 24.8 Å². The highest BCUT2D eigenvalue weighted by Crippen LogP contribution is 2.36. The number of nitrogens with one attached hydrogen (secondary N) is 2. The molecule has 0 radical (unpaired) electrons. The van der Waals surface area contributed by atoms with Crippen LogP contribution in [0.5, 0.6) is 11.5 Å². The highest BCUT2D eigenvalue weighted by molar-refractivity contribution is 6.09. The van der Waals surface area contributed by atoms with Crippen molar-refractivity contribution in [2.45, 2.75) is 25.3 Å². The van der Waals surface area contributed by atoms with Gasteiger partial charge in [0.2, 0.25) is 5.91 Å². The summed E-state index contributed by atoms with van der Waals surface area (Å²) in [5.74, 6) is -0.334. The summed E-state index contributed by atoms with van der Waals surface area (Å²) in [6, 6.07) is 4.37. The van der Waals surface area contributed by atoms with Gasteiger partial charge in [-0.3, -0.25) is 19.3 Å². The maximum absolute atomic E-state index is 12.9. The van der Waals surface area contributed by atoms with Gasteiger partial charge in [0, 0.05) is 13.0 Å². The molecule has 4 amide bonds. The summed E-state index contributed by atoms with van der Waals surface area (Å²) in [7, 11) is 1.29. The monoisotopic (exact) mass is 405 g/mol. The SMILES string of the molecule is COC(=O)CCCNC(=O)CN1C(=O)N[C@@](C)(c2ccc3c(c2)OCCO3)C1=O. The van der Waals surface area contributed by atoms with Crippen molar-refractivity contribution in [3.05, 3.63) is 23.8 Å². The normalized spacial score (nSPS) is 20.3. The second-order valence-electron chi connectivity index (χ2n) is 6.83. The second kappa shape index (κ2) is 8.38. The summed E-state index contributed by atoms with van der Waals surface area (Å²) in [4.78, 5) is 49.3. The minimum absolute atomic E-state index is 0.169. The number of amides is 4. The number of hydrogen-bond acceptors (Lipinski definition) is 7. The molecule has 0 spiro atoms. The third-order valence-electron chi connectivity index (χ3n) is 4.80. The third-order valence-corrected chi connectivity index (χ3v) is 4.80. The average molecular weight is 405 g/mol. The molecule has 0 aliphatic carbocycles. The smallest absolute Gasteiger partial charge is 0.325 e. The van der Waals surface area contributed by atoms with Crippen molar-refractivity contribution in [1.82, 2.24) is 15.5 Å². The Kier molecular flexibility index (Phi) is 5.90. The Morgan fingerprint density at radius 2 is 1.97 bits per heavy atom. The van der Waals surface area contributed by atoms with E-state index in [1.54, 1.807) is 25.1 Å². The van der Waals surface area contributed by atoms with Gasteiger partial charge in [0.05, 0.1) is 7.11 Å². The van der Waals surface area contributed by atoms with E-state index in [4.69, 9.17) is 9.47 Å². The molecule has 10 nitrogen and oxygen atoms in total. The standard InChI is InChI=1S/C19H23N3O7/c1-19(12-5-6-13-14(10-12)29-9-8-28-13)17(25)22(18(26)21-19)11-15(23)20-7-3-4-16(24)27-2/h5-6,10H,3-4,7-9,11H2,1-2H3,(H,20,23)(H,21,26)/t19-/m0/s1. The Morgan fingerprint density at radius 1 is 1.24 bits per heavy atom. The fourth-order valence-electron chi connectivity index (χ4n) is 3.15. The molecule has 2 aliphatic rings.